The first kappa shape index (κ1) is 17.5. The molecule has 26 heavy (non-hydrogen) atoms. The predicted molar refractivity (Wildman–Crippen MR) is 95.3 cm³/mol. The summed E-state index contributed by atoms with van der Waals surface area (Å²) in [5.74, 6) is 0.361. The molecule has 0 saturated heterocycles. The molecule has 0 aliphatic rings. The fraction of sp³-hybridized carbons (Fsp3) is 0.375. The van der Waals surface area contributed by atoms with E-state index in [9.17, 15) is 14.4 Å². The zero-order chi connectivity index (χ0) is 19.2. The third-order valence-corrected chi connectivity index (χ3v) is 4.38. The first-order chi connectivity index (χ1) is 12.3. The van der Waals surface area contributed by atoms with Gasteiger partial charge in [0.15, 0.2) is 0 Å². The lowest BCUT2D eigenvalue weighted by molar-refractivity contribution is 0.102. The third-order valence-electron chi connectivity index (χ3n) is 4.38. The standard InChI is InChI=1S/C16H19N7O3/c1-6-9-10(13(24)19-15-18-8(2)23(5)20-15)7-17-12-11(9)14(25)22(4)16(26)21(12)3/h7H,6H2,1-5H3,(H,19,20,24). The van der Waals surface area contributed by atoms with Crippen molar-refractivity contribution < 1.29 is 4.79 Å². The van der Waals surface area contributed by atoms with Crippen LogP contribution in [-0.2, 0) is 27.6 Å². The van der Waals surface area contributed by atoms with E-state index in [1.807, 2.05) is 6.92 Å². The summed E-state index contributed by atoms with van der Waals surface area (Å²) in [6.07, 6.45) is 1.79. The van der Waals surface area contributed by atoms with Crippen LogP contribution in [0.1, 0.15) is 28.7 Å². The van der Waals surface area contributed by atoms with E-state index in [1.165, 1.54) is 24.9 Å². The minimum Gasteiger partial charge on any atom is -0.289 e. The van der Waals surface area contributed by atoms with Crippen LogP contribution in [0.3, 0.4) is 0 Å². The van der Waals surface area contributed by atoms with Gasteiger partial charge in [0.1, 0.15) is 11.5 Å². The average molecular weight is 357 g/mol. The number of hydrogen-bond donors (Lipinski definition) is 1. The highest BCUT2D eigenvalue weighted by Crippen LogP contribution is 2.18. The topological polar surface area (TPSA) is 117 Å². The molecule has 1 amide bonds. The molecule has 0 saturated carbocycles. The van der Waals surface area contributed by atoms with Crippen molar-refractivity contribution in [3.05, 3.63) is 44.0 Å². The Hall–Kier alpha value is -3.30. The lowest BCUT2D eigenvalue weighted by Gasteiger charge is -2.12. The first-order valence-electron chi connectivity index (χ1n) is 8.02. The number of nitrogens with one attached hydrogen (secondary N) is 1. The van der Waals surface area contributed by atoms with E-state index < -0.39 is 17.2 Å². The Balaban J connectivity index is 2.19. The Morgan fingerprint density at radius 3 is 2.46 bits per heavy atom. The van der Waals surface area contributed by atoms with Gasteiger partial charge < -0.3 is 0 Å². The highest BCUT2D eigenvalue weighted by molar-refractivity contribution is 6.06. The van der Waals surface area contributed by atoms with Crippen molar-refractivity contribution in [1.29, 1.82) is 0 Å². The van der Waals surface area contributed by atoms with E-state index in [1.54, 1.807) is 18.7 Å². The van der Waals surface area contributed by atoms with E-state index >= 15 is 0 Å². The summed E-state index contributed by atoms with van der Waals surface area (Å²) >= 11 is 0. The SMILES string of the molecule is CCc1c(C(=O)Nc2nc(C)n(C)n2)cnc2c1c(=O)n(C)c(=O)n2C. The van der Waals surface area contributed by atoms with Gasteiger partial charge in [-0.3, -0.25) is 28.7 Å². The lowest BCUT2D eigenvalue weighted by atomic mass is 10.0. The fourth-order valence-electron chi connectivity index (χ4n) is 2.83. The molecule has 3 rings (SSSR count). The normalized spacial score (nSPS) is 11.1. The van der Waals surface area contributed by atoms with Crippen molar-refractivity contribution in [1.82, 2.24) is 28.9 Å². The van der Waals surface area contributed by atoms with Gasteiger partial charge in [0.2, 0.25) is 5.95 Å². The molecule has 0 spiro atoms. The molecule has 0 radical (unpaired) electrons. The summed E-state index contributed by atoms with van der Waals surface area (Å²) < 4.78 is 3.84. The minimum atomic E-state index is -0.478. The summed E-state index contributed by atoms with van der Waals surface area (Å²) in [7, 11) is 4.66. The Labute approximate surface area is 148 Å². The molecule has 0 unspecified atom stereocenters. The molecule has 136 valence electrons. The van der Waals surface area contributed by atoms with Crippen LogP contribution in [0.25, 0.3) is 11.0 Å². The number of carbonyl (C=O) groups is 1. The summed E-state index contributed by atoms with van der Waals surface area (Å²) in [4.78, 5) is 45.7. The number of carbonyl (C=O) groups excluding carboxylic acids is 1. The van der Waals surface area contributed by atoms with E-state index in [-0.39, 0.29) is 22.5 Å². The van der Waals surface area contributed by atoms with Crippen LogP contribution < -0.4 is 16.6 Å². The summed E-state index contributed by atoms with van der Waals surface area (Å²) in [5, 5.41) is 6.97. The van der Waals surface area contributed by atoms with Crippen LogP contribution >= 0.6 is 0 Å². The van der Waals surface area contributed by atoms with E-state index in [2.05, 4.69) is 20.4 Å². The predicted octanol–water partition coefficient (Wildman–Crippen LogP) is -0.116. The van der Waals surface area contributed by atoms with Crippen molar-refractivity contribution in [3.8, 4) is 0 Å². The number of anilines is 1. The van der Waals surface area contributed by atoms with Gasteiger partial charge in [-0.05, 0) is 18.9 Å². The molecule has 0 bridgehead atoms. The number of fused-ring (bicyclic) bond motifs is 1. The highest BCUT2D eigenvalue weighted by Gasteiger charge is 2.20. The minimum absolute atomic E-state index is 0.172. The monoisotopic (exact) mass is 357 g/mol. The van der Waals surface area contributed by atoms with Crippen LogP contribution in [0, 0.1) is 6.92 Å². The quantitative estimate of drug-likeness (QED) is 0.699. The molecule has 0 aromatic carbocycles. The molecule has 3 heterocycles. The van der Waals surface area contributed by atoms with E-state index in [0.29, 0.717) is 17.8 Å². The molecule has 10 nitrogen and oxygen atoms in total. The molecular weight excluding hydrogens is 338 g/mol. The molecule has 0 fully saturated rings. The largest absolute Gasteiger partial charge is 0.332 e. The number of nitrogens with zero attached hydrogens (tertiary/aromatic N) is 6. The van der Waals surface area contributed by atoms with Gasteiger partial charge in [0.05, 0.1) is 10.9 Å². The summed E-state index contributed by atoms with van der Waals surface area (Å²) in [6.45, 7) is 3.60. The molecule has 0 aliphatic carbocycles. The van der Waals surface area contributed by atoms with Gasteiger partial charge in [0, 0.05) is 27.3 Å². The second-order valence-corrected chi connectivity index (χ2v) is 5.97. The number of aromatic nitrogens is 6. The second-order valence-electron chi connectivity index (χ2n) is 5.97. The van der Waals surface area contributed by atoms with E-state index in [0.717, 1.165) is 4.57 Å². The first-order valence-corrected chi connectivity index (χ1v) is 8.02. The van der Waals surface area contributed by atoms with E-state index in [4.69, 9.17) is 0 Å². The van der Waals surface area contributed by atoms with Crippen LogP contribution in [0.4, 0.5) is 5.95 Å². The molecule has 0 atom stereocenters. The molecule has 1 N–H and O–H groups in total. The molecule has 3 aromatic heterocycles. The van der Waals surface area contributed by atoms with Gasteiger partial charge in [-0.25, -0.2) is 9.78 Å². The van der Waals surface area contributed by atoms with Gasteiger partial charge in [0.25, 0.3) is 11.5 Å². The number of rotatable bonds is 3. The van der Waals surface area contributed by atoms with Crippen molar-refractivity contribution in [2.45, 2.75) is 20.3 Å². The highest BCUT2D eigenvalue weighted by atomic mass is 16.2. The smallest absolute Gasteiger partial charge is 0.289 e. The van der Waals surface area contributed by atoms with Crippen molar-refractivity contribution in [2.24, 2.45) is 21.1 Å². The molecule has 0 aliphatic heterocycles. The van der Waals surface area contributed by atoms with Crippen molar-refractivity contribution >= 4 is 22.9 Å². The van der Waals surface area contributed by atoms with Crippen LogP contribution in [0.2, 0.25) is 0 Å². The average Bonchev–Trinajstić information content (AvgIpc) is 2.93. The molecule has 10 heteroatoms. The maximum absolute atomic E-state index is 12.7. The van der Waals surface area contributed by atoms with Crippen LogP contribution in [0.15, 0.2) is 15.8 Å². The zero-order valence-electron chi connectivity index (χ0n) is 15.2. The van der Waals surface area contributed by atoms with Crippen LogP contribution in [0.5, 0.6) is 0 Å². The Bertz CT molecular complexity index is 1130. The molecule has 3 aromatic rings. The Morgan fingerprint density at radius 1 is 1.19 bits per heavy atom. The number of pyridine rings is 1. The van der Waals surface area contributed by atoms with Crippen LogP contribution in [-0.4, -0.2) is 34.8 Å². The second kappa shape index (κ2) is 6.21. The summed E-state index contributed by atoms with van der Waals surface area (Å²) in [5.41, 5.74) is 0.0758. The van der Waals surface area contributed by atoms with Gasteiger partial charge in [-0.1, -0.05) is 6.92 Å². The van der Waals surface area contributed by atoms with Gasteiger partial charge in [-0.2, -0.15) is 4.98 Å². The fourth-order valence-corrected chi connectivity index (χ4v) is 2.83. The summed E-state index contributed by atoms with van der Waals surface area (Å²) in [6, 6.07) is 0. The maximum Gasteiger partial charge on any atom is 0.332 e. The van der Waals surface area contributed by atoms with Gasteiger partial charge in [-0.15, -0.1) is 5.10 Å². The number of aryl methyl sites for hydroxylation is 4. The Morgan fingerprint density at radius 2 is 1.88 bits per heavy atom. The molecular formula is C16H19N7O3. The number of hydrogen-bond acceptors (Lipinski definition) is 6. The number of amides is 1. The lowest BCUT2D eigenvalue weighted by Crippen LogP contribution is -2.38. The van der Waals surface area contributed by atoms with Crippen molar-refractivity contribution in [3.63, 3.8) is 0 Å². The zero-order valence-corrected chi connectivity index (χ0v) is 15.2. The maximum atomic E-state index is 12.7. The Kier molecular flexibility index (Phi) is 4.18. The third kappa shape index (κ3) is 2.59. The van der Waals surface area contributed by atoms with Crippen molar-refractivity contribution in [2.75, 3.05) is 5.32 Å². The van der Waals surface area contributed by atoms with Gasteiger partial charge >= 0.3 is 5.69 Å².